The van der Waals surface area contributed by atoms with Gasteiger partial charge in [0.05, 0.1) is 7.11 Å². The standard InChI is InChI=1S/C14H21BrN2O/c1-17-5-3-11(4-6-17)10-16-13-7-12(15)8-14(9-13)18-2/h7-9,11,16H,3-6,10H2,1-2H3. The summed E-state index contributed by atoms with van der Waals surface area (Å²) in [7, 11) is 3.89. The molecule has 0 bridgehead atoms. The van der Waals surface area contributed by atoms with E-state index in [2.05, 4.69) is 39.3 Å². The van der Waals surface area contributed by atoms with E-state index in [1.807, 2.05) is 12.1 Å². The van der Waals surface area contributed by atoms with Gasteiger partial charge in [-0.15, -0.1) is 0 Å². The molecule has 3 nitrogen and oxygen atoms in total. The Balaban J connectivity index is 1.88. The molecule has 0 aliphatic carbocycles. The second kappa shape index (κ2) is 6.43. The van der Waals surface area contributed by atoms with Crippen LogP contribution in [0.4, 0.5) is 5.69 Å². The lowest BCUT2D eigenvalue weighted by Crippen LogP contribution is -2.32. The van der Waals surface area contributed by atoms with Crippen molar-refractivity contribution in [2.75, 3.05) is 39.1 Å². The fourth-order valence-electron chi connectivity index (χ4n) is 2.31. The number of halogens is 1. The van der Waals surface area contributed by atoms with E-state index >= 15 is 0 Å². The van der Waals surface area contributed by atoms with Gasteiger partial charge in [-0.05, 0) is 51.0 Å². The topological polar surface area (TPSA) is 24.5 Å². The number of anilines is 1. The number of rotatable bonds is 4. The van der Waals surface area contributed by atoms with E-state index in [-0.39, 0.29) is 0 Å². The molecular weight excluding hydrogens is 292 g/mol. The molecule has 1 heterocycles. The molecule has 1 saturated heterocycles. The van der Waals surface area contributed by atoms with E-state index in [0.717, 1.165) is 28.4 Å². The molecule has 0 spiro atoms. The summed E-state index contributed by atoms with van der Waals surface area (Å²) in [4.78, 5) is 2.40. The summed E-state index contributed by atoms with van der Waals surface area (Å²) >= 11 is 3.50. The van der Waals surface area contributed by atoms with Crippen LogP contribution in [0.2, 0.25) is 0 Å². The molecule has 1 N–H and O–H groups in total. The van der Waals surface area contributed by atoms with Crippen molar-refractivity contribution < 1.29 is 4.74 Å². The van der Waals surface area contributed by atoms with Crippen LogP contribution < -0.4 is 10.1 Å². The van der Waals surface area contributed by atoms with Crippen LogP contribution in [0, 0.1) is 5.92 Å². The predicted octanol–water partition coefficient (Wildman–Crippen LogP) is 3.21. The van der Waals surface area contributed by atoms with Crippen LogP contribution in [0.1, 0.15) is 12.8 Å². The second-order valence-electron chi connectivity index (χ2n) is 5.01. The Hall–Kier alpha value is -0.740. The maximum atomic E-state index is 5.26. The minimum atomic E-state index is 0.783. The molecule has 1 aliphatic heterocycles. The number of ether oxygens (including phenoxy) is 1. The van der Waals surface area contributed by atoms with Gasteiger partial charge in [-0.25, -0.2) is 0 Å². The van der Waals surface area contributed by atoms with Gasteiger partial charge in [0.1, 0.15) is 5.75 Å². The van der Waals surface area contributed by atoms with Gasteiger partial charge < -0.3 is 15.0 Å². The van der Waals surface area contributed by atoms with Gasteiger partial charge in [0.2, 0.25) is 0 Å². The Morgan fingerprint density at radius 2 is 2.06 bits per heavy atom. The van der Waals surface area contributed by atoms with Crippen molar-refractivity contribution in [1.82, 2.24) is 4.90 Å². The number of nitrogens with zero attached hydrogens (tertiary/aromatic N) is 1. The lowest BCUT2D eigenvalue weighted by molar-refractivity contribution is 0.226. The third kappa shape index (κ3) is 3.89. The van der Waals surface area contributed by atoms with Crippen molar-refractivity contribution in [2.24, 2.45) is 5.92 Å². The highest BCUT2D eigenvalue weighted by Gasteiger charge is 2.16. The number of hydrogen-bond acceptors (Lipinski definition) is 3. The van der Waals surface area contributed by atoms with Crippen LogP contribution in [-0.4, -0.2) is 38.7 Å². The Morgan fingerprint density at radius 3 is 2.72 bits per heavy atom. The maximum absolute atomic E-state index is 5.26. The number of piperidine rings is 1. The zero-order valence-corrected chi connectivity index (χ0v) is 12.7. The molecule has 0 saturated carbocycles. The molecule has 100 valence electrons. The number of likely N-dealkylation sites (tertiary alicyclic amines) is 1. The summed E-state index contributed by atoms with van der Waals surface area (Å²) < 4.78 is 6.31. The molecule has 0 radical (unpaired) electrons. The molecule has 1 aromatic carbocycles. The van der Waals surface area contributed by atoms with Crippen molar-refractivity contribution in [2.45, 2.75) is 12.8 Å². The first-order chi connectivity index (χ1) is 8.67. The van der Waals surface area contributed by atoms with Crippen LogP contribution in [0.25, 0.3) is 0 Å². The van der Waals surface area contributed by atoms with Gasteiger partial charge in [-0.3, -0.25) is 0 Å². The molecule has 2 rings (SSSR count). The minimum absolute atomic E-state index is 0.783. The summed E-state index contributed by atoms with van der Waals surface area (Å²) in [5.41, 5.74) is 1.13. The molecule has 0 atom stereocenters. The largest absolute Gasteiger partial charge is 0.497 e. The van der Waals surface area contributed by atoms with E-state index in [0.29, 0.717) is 0 Å². The first-order valence-corrected chi connectivity index (χ1v) is 7.23. The van der Waals surface area contributed by atoms with Crippen LogP contribution in [-0.2, 0) is 0 Å². The molecule has 0 aromatic heterocycles. The number of benzene rings is 1. The fraction of sp³-hybridized carbons (Fsp3) is 0.571. The van der Waals surface area contributed by atoms with Gasteiger partial charge in [0.25, 0.3) is 0 Å². The van der Waals surface area contributed by atoms with Crippen molar-refractivity contribution in [3.8, 4) is 5.75 Å². The highest BCUT2D eigenvalue weighted by Crippen LogP contribution is 2.25. The fourth-order valence-corrected chi connectivity index (χ4v) is 2.78. The highest BCUT2D eigenvalue weighted by atomic mass is 79.9. The van der Waals surface area contributed by atoms with E-state index < -0.39 is 0 Å². The lowest BCUT2D eigenvalue weighted by Gasteiger charge is -2.29. The number of hydrogen-bond donors (Lipinski definition) is 1. The van der Waals surface area contributed by atoms with E-state index in [9.17, 15) is 0 Å². The Morgan fingerprint density at radius 1 is 1.33 bits per heavy atom. The van der Waals surface area contributed by atoms with Crippen molar-refractivity contribution in [3.05, 3.63) is 22.7 Å². The minimum Gasteiger partial charge on any atom is -0.497 e. The summed E-state index contributed by atoms with van der Waals surface area (Å²) in [5.74, 6) is 1.67. The number of nitrogens with one attached hydrogen (secondary N) is 1. The predicted molar refractivity (Wildman–Crippen MR) is 79.4 cm³/mol. The van der Waals surface area contributed by atoms with Crippen LogP contribution in [0.3, 0.4) is 0 Å². The Bertz CT molecular complexity index is 389. The van der Waals surface area contributed by atoms with Gasteiger partial charge >= 0.3 is 0 Å². The molecule has 4 heteroatoms. The molecule has 0 unspecified atom stereocenters. The van der Waals surface area contributed by atoms with Crippen LogP contribution >= 0.6 is 15.9 Å². The number of methoxy groups -OCH3 is 1. The third-order valence-electron chi connectivity index (χ3n) is 3.54. The quantitative estimate of drug-likeness (QED) is 0.924. The first-order valence-electron chi connectivity index (χ1n) is 6.44. The van der Waals surface area contributed by atoms with Gasteiger partial charge in [-0.2, -0.15) is 0 Å². The van der Waals surface area contributed by atoms with Crippen molar-refractivity contribution >= 4 is 21.6 Å². The van der Waals surface area contributed by atoms with Gasteiger partial charge in [0.15, 0.2) is 0 Å². The van der Waals surface area contributed by atoms with Gasteiger partial charge in [-0.1, -0.05) is 15.9 Å². The first kappa shape index (κ1) is 13.7. The average molecular weight is 313 g/mol. The molecular formula is C14H21BrN2O. The average Bonchev–Trinajstić information content (AvgIpc) is 2.37. The molecule has 1 aromatic rings. The zero-order valence-electron chi connectivity index (χ0n) is 11.1. The summed E-state index contributed by atoms with van der Waals surface area (Å²) in [6.45, 7) is 3.48. The second-order valence-corrected chi connectivity index (χ2v) is 5.92. The maximum Gasteiger partial charge on any atom is 0.122 e. The van der Waals surface area contributed by atoms with E-state index in [1.165, 1.54) is 25.9 Å². The lowest BCUT2D eigenvalue weighted by atomic mass is 9.97. The normalized spacial score (nSPS) is 17.7. The van der Waals surface area contributed by atoms with E-state index in [4.69, 9.17) is 4.74 Å². The SMILES string of the molecule is COc1cc(Br)cc(NCC2CCN(C)CC2)c1. The van der Waals surface area contributed by atoms with Crippen molar-refractivity contribution in [3.63, 3.8) is 0 Å². The summed E-state index contributed by atoms with van der Waals surface area (Å²) in [6, 6.07) is 6.11. The monoisotopic (exact) mass is 312 g/mol. The van der Waals surface area contributed by atoms with Crippen LogP contribution in [0.5, 0.6) is 5.75 Å². The summed E-state index contributed by atoms with van der Waals surface area (Å²) in [6.07, 6.45) is 2.57. The summed E-state index contributed by atoms with van der Waals surface area (Å²) in [5, 5.41) is 3.52. The third-order valence-corrected chi connectivity index (χ3v) is 4.00. The molecule has 18 heavy (non-hydrogen) atoms. The van der Waals surface area contributed by atoms with E-state index in [1.54, 1.807) is 7.11 Å². The smallest absolute Gasteiger partial charge is 0.122 e. The molecule has 1 fully saturated rings. The molecule has 1 aliphatic rings. The Labute approximate surface area is 118 Å². The zero-order chi connectivity index (χ0) is 13.0. The van der Waals surface area contributed by atoms with Crippen LogP contribution in [0.15, 0.2) is 22.7 Å². The Kier molecular flexibility index (Phi) is 4.89. The van der Waals surface area contributed by atoms with Gasteiger partial charge in [0, 0.05) is 22.8 Å². The molecule has 0 amide bonds. The van der Waals surface area contributed by atoms with Crippen molar-refractivity contribution in [1.29, 1.82) is 0 Å². The highest BCUT2D eigenvalue weighted by molar-refractivity contribution is 9.10.